The number of nitrogens with zero attached hydrogens (tertiary/aromatic N) is 1. The monoisotopic (exact) mass is 385 g/mol. The average molecular weight is 385 g/mol. The summed E-state index contributed by atoms with van der Waals surface area (Å²) in [6, 6.07) is 11.9. The molecule has 1 fully saturated rings. The number of carbonyl (C=O) groups is 3. The summed E-state index contributed by atoms with van der Waals surface area (Å²) in [5, 5.41) is 14.5. The van der Waals surface area contributed by atoms with E-state index in [1.54, 1.807) is 24.3 Å². The molecule has 3 amide bonds. The molecule has 1 atom stereocenters. The first-order valence-corrected chi connectivity index (χ1v) is 8.84. The van der Waals surface area contributed by atoms with Gasteiger partial charge < -0.3 is 20.6 Å². The molecule has 3 rings (SSSR count). The Kier molecular flexibility index (Phi) is 5.88. The summed E-state index contributed by atoms with van der Waals surface area (Å²) < 4.78 is 13.0. The van der Waals surface area contributed by atoms with Crippen LogP contribution < -0.4 is 10.6 Å². The van der Waals surface area contributed by atoms with Gasteiger partial charge in [-0.3, -0.25) is 9.59 Å². The smallest absolute Gasteiger partial charge is 0.317 e. The molecule has 1 aliphatic rings. The Morgan fingerprint density at radius 1 is 1.14 bits per heavy atom. The predicted octanol–water partition coefficient (Wildman–Crippen LogP) is 2.69. The van der Waals surface area contributed by atoms with Gasteiger partial charge in [-0.25, -0.2) is 9.18 Å². The van der Waals surface area contributed by atoms with Gasteiger partial charge in [-0.1, -0.05) is 12.1 Å². The number of nitrogens with one attached hydrogen (secondary N) is 2. The van der Waals surface area contributed by atoms with Crippen LogP contribution in [0.1, 0.15) is 22.3 Å². The maximum absolute atomic E-state index is 13.0. The highest BCUT2D eigenvalue weighted by atomic mass is 19.1. The van der Waals surface area contributed by atoms with Crippen molar-refractivity contribution in [2.75, 3.05) is 18.4 Å². The minimum Gasteiger partial charge on any atom is -0.481 e. The van der Waals surface area contributed by atoms with Gasteiger partial charge in [0.25, 0.3) is 5.91 Å². The van der Waals surface area contributed by atoms with E-state index in [2.05, 4.69) is 10.6 Å². The van der Waals surface area contributed by atoms with Crippen molar-refractivity contribution in [1.29, 1.82) is 0 Å². The van der Waals surface area contributed by atoms with Gasteiger partial charge in [-0.15, -0.1) is 0 Å². The lowest BCUT2D eigenvalue weighted by atomic mass is 10.1. The first-order valence-electron chi connectivity index (χ1n) is 8.84. The zero-order valence-corrected chi connectivity index (χ0v) is 15.0. The largest absolute Gasteiger partial charge is 0.481 e. The number of urea groups is 1. The van der Waals surface area contributed by atoms with E-state index < -0.39 is 17.7 Å². The van der Waals surface area contributed by atoms with E-state index in [1.807, 2.05) is 0 Å². The summed E-state index contributed by atoms with van der Waals surface area (Å²) in [6.45, 7) is 0.860. The van der Waals surface area contributed by atoms with Crippen molar-refractivity contribution in [1.82, 2.24) is 10.2 Å². The fraction of sp³-hybridized carbons (Fsp3) is 0.250. The Morgan fingerprint density at radius 3 is 2.57 bits per heavy atom. The molecule has 0 saturated carbocycles. The maximum atomic E-state index is 13.0. The van der Waals surface area contributed by atoms with Gasteiger partial charge in [0.05, 0.1) is 5.92 Å². The molecule has 7 nitrogen and oxygen atoms in total. The molecule has 28 heavy (non-hydrogen) atoms. The Labute approximate surface area is 161 Å². The number of likely N-dealkylation sites (tertiary alicyclic amines) is 1. The van der Waals surface area contributed by atoms with E-state index in [9.17, 15) is 18.8 Å². The molecule has 1 heterocycles. The number of rotatable bonds is 5. The normalized spacial score (nSPS) is 15.9. The van der Waals surface area contributed by atoms with Crippen molar-refractivity contribution in [3.8, 4) is 0 Å². The van der Waals surface area contributed by atoms with E-state index in [0.29, 0.717) is 24.2 Å². The third kappa shape index (κ3) is 4.85. The molecule has 0 bridgehead atoms. The second kappa shape index (κ2) is 8.51. The van der Waals surface area contributed by atoms with E-state index in [1.165, 1.54) is 29.2 Å². The summed E-state index contributed by atoms with van der Waals surface area (Å²) in [5.74, 6) is -2.18. The van der Waals surface area contributed by atoms with Crippen molar-refractivity contribution in [3.63, 3.8) is 0 Å². The van der Waals surface area contributed by atoms with Crippen LogP contribution in [0.15, 0.2) is 48.5 Å². The zero-order valence-electron chi connectivity index (χ0n) is 15.0. The molecule has 0 aliphatic carbocycles. The molecule has 0 spiro atoms. The fourth-order valence-corrected chi connectivity index (χ4v) is 3.00. The highest BCUT2D eigenvalue weighted by molar-refractivity contribution is 6.04. The zero-order chi connectivity index (χ0) is 20.1. The number of carbonyl (C=O) groups excluding carboxylic acids is 2. The van der Waals surface area contributed by atoms with Gasteiger partial charge >= 0.3 is 12.0 Å². The third-order valence-corrected chi connectivity index (χ3v) is 4.56. The number of amides is 3. The summed E-state index contributed by atoms with van der Waals surface area (Å²) in [5.41, 5.74) is 1.66. The number of carboxylic acid groups (broad SMARTS) is 1. The van der Waals surface area contributed by atoms with Crippen LogP contribution in [0.2, 0.25) is 0 Å². The van der Waals surface area contributed by atoms with Crippen molar-refractivity contribution in [2.45, 2.75) is 13.0 Å². The van der Waals surface area contributed by atoms with Gasteiger partial charge in [0, 0.05) is 30.9 Å². The van der Waals surface area contributed by atoms with Crippen LogP contribution in [-0.4, -0.2) is 41.0 Å². The quantitative estimate of drug-likeness (QED) is 0.737. The molecular formula is C20H20FN3O4. The van der Waals surface area contributed by atoms with Crippen LogP contribution in [-0.2, 0) is 11.3 Å². The number of benzene rings is 2. The number of carboxylic acids is 1. The molecule has 2 aromatic carbocycles. The van der Waals surface area contributed by atoms with E-state index in [0.717, 1.165) is 5.56 Å². The Hall–Kier alpha value is -3.42. The van der Waals surface area contributed by atoms with Crippen LogP contribution in [0.3, 0.4) is 0 Å². The predicted molar refractivity (Wildman–Crippen MR) is 100 cm³/mol. The van der Waals surface area contributed by atoms with Gasteiger partial charge in [0.1, 0.15) is 5.82 Å². The molecular weight excluding hydrogens is 365 g/mol. The van der Waals surface area contributed by atoms with Gasteiger partial charge in [-0.2, -0.15) is 0 Å². The minimum absolute atomic E-state index is 0.203. The molecule has 0 radical (unpaired) electrons. The molecule has 1 unspecified atom stereocenters. The highest BCUT2D eigenvalue weighted by Crippen LogP contribution is 2.17. The second-order valence-electron chi connectivity index (χ2n) is 6.59. The van der Waals surface area contributed by atoms with Crippen LogP contribution in [0.4, 0.5) is 14.9 Å². The van der Waals surface area contributed by atoms with Crippen LogP contribution in [0.5, 0.6) is 0 Å². The number of hydrogen-bond donors (Lipinski definition) is 3. The number of hydrogen-bond acceptors (Lipinski definition) is 3. The van der Waals surface area contributed by atoms with Crippen molar-refractivity contribution < 1.29 is 23.9 Å². The molecule has 8 heteroatoms. The third-order valence-electron chi connectivity index (χ3n) is 4.56. The lowest BCUT2D eigenvalue weighted by Gasteiger charge is -2.17. The van der Waals surface area contributed by atoms with Gasteiger partial charge in [-0.05, 0) is 48.4 Å². The van der Waals surface area contributed by atoms with Gasteiger partial charge in [0.15, 0.2) is 0 Å². The maximum Gasteiger partial charge on any atom is 0.317 e. The van der Waals surface area contributed by atoms with Gasteiger partial charge in [0.2, 0.25) is 0 Å². The fourth-order valence-electron chi connectivity index (χ4n) is 3.00. The van der Waals surface area contributed by atoms with Crippen molar-refractivity contribution in [2.24, 2.45) is 5.92 Å². The summed E-state index contributed by atoms with van der Waals surface area (Å²) in [7, 11) is 0. The van der Waals surface area contributed by atoms with E-state index in [4.69, 9.17) is 5.11 Å². The first kappa shape index (κ1) is 19.3. The molecule has 1 saturated heterocycles. The number of halogens is 1. The lowest BCUT2D eigenvalue weighted by Crippen LogP contribution is -2.38. The molecule has 2 aromatic rings. The second-order valence-corrected chi connectivity index (χ2v) is 6.59. The summed E-state index contributed by atoms with van der Waals surface area (Å²) in [6.07, 6.45) is 0.452. The Bertz CT molecular complexity index is 885. The molecule has 1 aliphatic heterocycles. The lowest BCUT2D eigenvalue weighted by molar-refractivity contribution is -0.141. The van der Waals surface area contributed by atoms with Crippen molar-refractivity contribution in [3.05, 3.63) is 65.5 Å². The van der Waals surface area contributed by atoms with Crippen molar-refractivity contribution >= 4 is 23.6 Å². The number of anilines is 1. The number of aliphatic carboxylic acids is 1. The van der Waals surface area contributed by atoms with E-state index in [-0.39, 0.29) is 25.0 Å². The summed E-state index contributed by atoms with van der Waals surface area (Å²) in [4.78, 5) is 36.9. The van der Waals surface area contributed by atoms with Crippen LogP contribution >= 0.6 is 0 Å². The molecule has 0 aromatic heterocycles. The van der Waals surface area contributed by atoms with Crippen LogP contribution in [0.25, 0.3) is 0 Å². The Balaban J connectivity index is 1.55. The minimum atomic E-state index is -0.889. The average Bonchev–Trinajstić information content (AvgIpc) is 3.17. The molecule has 146 valence electrons. The topological polar surface area (TPSA) is 98.7 Å². The standard InChI is InChI=1S/C20H20FN3O4/c21-16-6-4-14(5-7-16)18(25)23-17-3-1-2-13(10-17)11-22-20(28)24-9-8-15(12-24)19(26)27/h1-7,10,15H,8-9,11-12H2,(H,22,28)(H,23,25)(H,26,27). The van der Waals surface area contributed by atoms with E-state index >= 15 is 0 Å². The first-order chi connectivity index (χ1) is 13.4. The molecule has 3 N–H and O–H groups in total. The van der Waals surface area contributed by atoms with Crippen LogP contribution in [0, 0.1) is 11.7 Å². The summed E-state index contributed by atoms with van der Waals surface area (Å²) >= 11 is 0. The highest BCUT2D eigenvalue weighted by Gasteiger charge is 2.30. The Morgan fingerprint density at radius 2 is 1.89 bits per heavy atom. The SMILES string of the molecule is O=C(Nc1cccc(CNC(=O)N2CCC(C(=O)O)C2)c1)c1ccc(F)cc1.